The molecule has 1 aromatic rings. The lowest BCUT2D eigenvalue weighted by Crippen LogP contribution is -2.41. The van der Waals surface area contributed by atoms with E-state index in [-0.39, 0.29) is 18.5 Å². The Morgan fingerprint density at radius 3 is 2.78 bits per heavy atom. The maximum atomic E-state index is 13.7. The molecule has 0 aromatic heterocycles. The van der Waals surface area contributed by atoms with Crippen molar-refractivity contribution in [2.24, 2.45) is 5.41 Å². The van der Waals surface area contributed by atoms with Gasteiger partial charge >= 0.3 is 0 Å². The smallest absolute Gasteiger partial charge is 0.254 e. The van der Waals surface area contributed by atoms with Crippen LogP contribution in [0.4, 0.5) is 13.2 Å². The Morgan fingerprint density at radius 2 is 2.17 bits per heavy atom. The van der Waals surface area contributed by atoms with Crippen LogP contribution in [0.5, 0.6) is 0 Å². The molecule has 2 atom stereocenters. The standard InChI is InChI=1S/C16H16F3N3O/c1-2-16(14(18)19)9-21-4-3-13(22(21)15(16)23)11-5-10(8-20)6-12(17)7-11/h5-7,13-14H,2-4,9H2,1H3/t13-,16-/m0/s1. The zero-order chi connectivity index (χ0) is 16.8. The van der Waals surface area contributed by atoms with E-state index >= 15 is 0 Å². The molecule has 2 aliphatic rings. The SMILES string of the molecule is CC[C@@]1(C(F)F)CN2CC[C@@H](c3cc(F)cc(C#N)c3)N2C1=O. The van der Waals surface area contributed by atoms with Gasteiger partial charge in [-0.3, -0.25) is 9.80 Å². The molecule has 2 saturated heterocycles. The second kappa shape index (κ2) is 5.53. The fraction of sp³-hybridized carbons (Fsp3) is 0.500. The summed E-state index contributed by atoms with van der Waals surface area (Å²) in [5.74, 6) is -1.18. The van der Waals surface area contributed by atoms with E-state index in [9.17, 15) is 18.0 Å². The van der Waals surface area contributed by atoms with Gasteiger partial charge in [-0.05, 0) is 36.6 Å². The number of carbonyl (C=O) groups excluding carboxylic acids is 1. The Labute approximate surface area is 132 Å². The summed E-state index contributed by atoms with van der Waals surface area (Å²) in [7, 11) is 0. The van der Waals surface area contributed by atoms with Crippen LogP contribution in [0, 0.1) is 22.6 Å². The van der Waals surface area contributed by atoms with Crippen LogP contribution >= 0.6 is 0 Å². The number of halogens is 3. The predicted octanol–water partition coefficient (Wildman–Crippen LogP) is 2.86. The number of alkyl halides is 2. The minimum absolute atomic E-state index is 0.0169. The van der Waals surface area contributed by atoms with Crippen molar-refractivity contribution >= 4 is 5.91 Å². The molecule has 0 radical (unpaired) electrons. The first kappa shape index (κ1) is 15.8. The maximum absolute atomic E-state index is 13.7. The number of fused-ring (bicyclic) bond motifs is 1. The van der Waals surface area contributed by atoms with E-state index in [1.807, 2.05) is 6.07 Å². The van der Waals surface area contributed by atoms with Crippen molar-refractivity contribution < 1.29 is 18.0 Å². The molecule has 2 aliphatic heterocycles. The first-order valence-electron chi connectivity index (χ1n) is 7.50. The van der Waals surface area contributed by atoms with Crippen molar-refractivity contribution in [2.75, 3.05) is 13.1 Å². The van der Waals surface area contributed by atoms with Gasteiger partial charge in [-0.2, -0.15) is 5.26 Å². The van der Waals surface area contributed by atoms with Crippen molar-refractivity contribution in [1.29, 1.82) is 5.26 Å². The Bertz CT molecular complexity index is 688. The second-order valence-corrected chi connectivity index (χ2v) is 6.04. The molecular weight excluding hydrogens is 307 g/mol. The second-order valence-electron chi connectivity index (χ2n) is 6.04. The summed E-state index contributed by atoms with van der Waals surface area (Å²) >= 11 is 0. The average Bonchev–Trinajstić information content (AvgIpc) is 3.05. The van der Waals surface area contributed by atoms with Gasteiger partial charge in [-0.1, -0.05) is 6.92 Å². The molecule has 0 bridgehead atoms. The first-order chi connectivity index (χ1) is 10.9. The molecule has 0 saturated carbocycles. The molecule has 0 spiro atoms. The van der Waals surface area contributed by atoms with Gasteiger partial charge in [-0.15, -0.1) is 0 Å². The first-order valence-corrected chi connectivity index (χ1v) is 7.50. The number of carbonyl (C=O) groups is 1. The molecule has 1 amide bonds. The lowest BCUT2D eigenvalue weighted by molar-refractivity contribution is -0.148. The molecule has 7 heteroatoms. The molecule has 0 unspecified atom stereocenters. The van der Waals surface area contributed by atoms with Crippen LogP contribution in [0.25, 0.3) is 0 Å². The Kier molecular flexibility index (Phi) is 3.80. The number of benzene rings is 1. The van der Waals surface area contributed by atoms with Gasteiger partial charge in [0, 0.05) is 13.1 Å². The monoisotopic (exact) mass is 323 g/mol. The van der Waals surface area contributed by atoms with Crippen LogP contribution in [0.1, 0.15) is 36.9 Å². The largest absolute Gasteiger partial charge is 0.272 e. The van der Waals surface area contributed by atoms with Gasteiger partial charge < -0.3 is 0 Å². The van der Waals surface area contributed by atoms with Crippen molar-refractivity contribution in [2.45, 2.75) is 32.2 Å². The van der Waals surface area contributed by atoms with E-state index in [0.717, 1.165) is 6.07 Å². The summed E-state index contributed by atoms with van der Waals surface area (Å²) in [6.07, 6.45) is -2.16. The van der Waals surface area contributed by atoms with E-state index in [4.69, 9.17) is 5.26 Å². The van der Waals surface area contributed by atoms with Crippen LogP contribution in [-0.4, -0.2) is 35.4 Å². The summed E-state index contributed by atoms with van der Waals surface area (Å²) in [5.41, 5.74) is -1.07. The lowest BCUT2D eigenvalue weighted by Gasteiger charge is -2.27. The maximum Gasteiger partial charge on any atom is 0.254 e. The normalized spacial score (nSPS) is 27.6. The number of nitrogens with zero attached hydrogens (tertiary/aromatic N) is 3. The topological polar surface area (TPSA) is 47.3 Å². The highest BCUT2D eigenvalue weighted by Crippen LogP contribution is 2.46. The number of rotatable bonds is 3. The minimum Gasteiger partial charge on any atom is -0.272 e. The Balaban J connectivity index is 1.98. The predicted molar refractivity (Wildman–Crippen MR) is 75.6 cm³/mol. The fourth-order valence-corrected chi connectivity index (χ4v) is 3.50. The number of hydrazine groups is 1. The lowest BCUT2D eigenvalue weighted by atomic mass is 9.84. The Morgan fingerprint density at radius 1 is 1.43 bits per heavy atom. The number of nitriles is 1. The van der Waals surface area contributed by atoms with E-state index in [1.54, 1.807) is 11.9 Å². The minimum atomic E-state index is -2.74. The van der Waals surface area contributed by atoms with E-state index in [2.05, 4.69) is 0 Å². The molecule has 2 heterocycles. The number of hydrogen-bond donors (Lipinski definition) is 0. The zero-order valence-corrected chi connectivity index (χ0v) is 12.6. The molecule has 3 rings (SSSR count). The molecular formula is C16H16F3N3O. The number of hydrogen-bond acceptors (Lipinski definition) is 3. The van der Waals surface area contributed by atoms with Crippen molar-refractivity contribution in [3.05, 3.63) is 35.1 Å². The zero-order valence-electron chi connectivity index (χ0n) is 12.6. The Hall–Kier alpha value is -2.07. The van der Waals surface area contributed by atoms with Crippen LogP contribution in [0.2, 0.25) is 0 Å². The highest BCUT2D eigenvalue weighted by molar-refractivity contribution is 5.85. The molecule has 0 aliphatic carbocycles. The fourth-order valence-electron chi connectivity index (χ4n) is 3.50. The quantitative estimate of drug-likeness (QED) is 0.859. The third kappa shape index (κ3) is 2.29. The molecule has 2 fully saturated rings. The van der Waals surface area contributed by atoms with Crippen LogP contribution in [-0.2, 0) is 4.79 Å². The van der Waals surface area contributed by atoms with E-state index in [1.165, 1.54) is 17.1 Å². The molecule has 23 heavy (non-hydrogen) atoms. The highest BCUT2D eigenvalue weighted by Gasteiger charge is 2.59. The summed E-state index contributed by atoms with van der Waals surface area (Å²) in [4.78, 5) is 12.7. The van der Waals surface area contributed by atoms with E-state index in [0.29, 0.717) is 18.5 Å². The van der Waals surface area contributed by atoms with Crippen molar-refractivity contribution in [3.8, 4) is 6.07 Å². The van der Waals surface area contributed by atoms with Gasteiger partial charge in [-0.25, -0.2) is 18.2 Å². The van der Waals surface area contributed by atoms with Crippen molar-refractivity contribution in [1.82, 2.24) is 10.0 Å². The average molecular weight is 323 g/mol. The van der Waals surface area contributed by atoms with Crippen LogP contribution in [0.3, 0.4) is 0 Å². The molecule has 1 aromatic carbocycles. The summed E-state index contributed by atoms with van der Waals surface area (Å²) in [5, 5.41) is 11.9. The van der Waals surface area contributed by atoms with Gasteiger partial charge in [0.15, 0.2) is 0 Å². The van der Waals surface area contributed by atoms with Gasteiger partial charge in [0.05, 0.1) is 17.7 Å². The summed E-state index contributed by atoms with van der Waals surface area (Å²) < 4.78 is 40.6. The van der Waals surface area contributed by atoms with Crippen LogP contribution in [0.15, 0.2) is 18.2 Å². The summed E-state index contributed by atoms with van der Waals surface area (Å²) in [6.45, 7) is 2.03. The third-order valence-electron chi connectivity index (χ3n) is 4.84. The van der Waals surface area contributed by atoms with Crippen LogP contribution < -0.4 is 0 Å². The third-order valence-corrected chi connectivity index (χ3v) is 4.84. The highest BCUT2D eigenvalue weighted by atomic mass is 19.3. The molecule has 4 nitrogen and oxygen atoms in total. The molecule has 122 valence electrons. The van der Waals surface area contributed by atoms with Gasteiger partial charge in [0.2, 0.25) is 0 Å². The van der Waals surface area contributed by atoms with Crippen molar-refractivity contribution in [3.63, 3.8) is 0 Å². The summed E-state index contributed by atoms with van der Waals surface area (Å²) in [6, 6.07) is 5.25. The number of amides is 1. The molecule has 0 N–H and O–H groups in total. The van der Waals surface area contributed by atoms with E-state index < -0.39 is 29.6 Å². The van der Waals surface area contributed by atoms with Gasteiger partial charge in [0.25, 0.3) is 12.3 Å². The van der Waals surface area contributed by atoms with Gasteiger partial charge in [0.1, 0.15) is 11.2 Å².